The summed E-state index contributed by atoms with van der Waals surface area (Å²) < 4.78 is 0. The maximum Gasteiger partial charge on any atom is 0.161 e. The monoisotopic (exact) mass is 172 g/mol. The van der Waals surface area contributed by atoms with Crippen molar-refractivity contribution in [3.63, 3.8) is 0 Å². The van der Waals surface area contributed by atoms with Gasteiger partial charge in [0.2, 0.25) is 0 Å². The predicted octanol–water partition coefficient (Wildman–Crippen LogP) is 2.15. The smallest absolute Gasteiger partial charge is 0.161 e. The Labute approximate surface area is 75.0 Å². The highest BCUT2D eigenvalue weighted by Gasteiger charge is 2.27. The molecule has 0 aromatic heterocycles. The Kier molecular flexibility index (Phi) is 4.46. The molecule has 2 nitrogen and oxygen atoms in total. The third-order valence-electron chi connectivity index (χ3n) is 1.90. The van der Waals surface area contributed by atoms with Crippen LogP contribution in [0.4, 0.5) is 0 Å². The molecule has 0 heterocycles. The van der Waals surface area contributed by atoms with Crippen LogP contribution in [0.2, 0.25) is 0 Å². The van der Waals surface area contributed by atoms with E-state index in [1.54, 1.807) is 0 Å². The Morgan fingerprint density at radius 2 is 1.92 bits per heavy atom. The van der Waals surface area contributed by atoms with Crippen molar-refractivity contribution in [1.29, 1.82) is 0 Å². The van der Waals surface area contributed by atoms with E-state index in [2.05, 4.69) is 0 Å². The molecule has 0 aliphatic carbocycles. The molecule has 0 amide bonds. The number of ketones is 1. The van der Waals surface area contributed by atoms with Crippen LogP contribution in [0.3, 0.4) is 0 Å². The lowest BCUT2D eigenvalue weighted by Crippen LogP contribution is -2.33. The lowest BCUT2D eigenvalue weighted by molar-refractivity contribution is -0.132. The van der Waals surface area contributed by atoms with Gasteiger partial charge in [0, 0.05) is 6.42 Å². The number of carbonyl (C=O) groups excluding carboxylic acids is 1. The maximum atomic E-state index is 11.3. The molecular formula is C10H20O2. The molecule has 72 valence electrons. The van der Waals surface area contributed by atoms with Crippen molar-refractivity contribution >= 4 is 5.78 Å². The van der Waals surface area contributed by atoms with Gasteiger partial charge >= 0.3 is 0 Å². The molecule has 2 heteroatoms. The summed E-state index contributed by atoms with van der Waals surface area (Å²) in [7, 11) is 0. The predicted molar refractivity (Wildman–Crippen MR) is 50.0 cm³/mol. The van der Waals surface area contributed by atoms with Crippen LogP contribution in [0, 0.1) is 5.41 Å². The van der Waals surface area contributed by atoms with E-state index < -0.39 is 6.10 Å². The second-order valence-electron chi connectivity index (χ2n) is 4.34. The van der Waals surface area contributed by atoms with Crippen molar-refractivity contribution < 1.29 is 9.90 Å². The summed E-state index contributed by atoms with van der Waals surface area (Å²) in [5, 5.41) is 9.53. The van der Waals surface area contributed by atoms with Gasteiger partial charge in [-0.05, 0) is 11.8 Å². The van der Waals surface area contributed by atoms with Crippen molar-refractivity contribution in [2.24, 2.45) is 5.41 Å². The Balaban J connectivity index is 3.94. The molecule has 0 aromatic rings. The molecule has 0 saturated carbocycles. The minimum Gasteiger partial charge on any atom is -0.385 e. The molecule has 0 radical (unpaired) electrons. The van der Waals surface area contributed by atoms with Gasteiger partial charge in [0.1, 0.15) is 6.10 Å². The highest BCUT2D eigenvalue weighted by Crippen LogP contribution is 2.21. The summed E-state index contributed by atoms with van der Waals surface area (Å²) >= 11 is 0. The van der Waals surface area contributed by atoms with E-state index in [1.807, 2.05) is 27.7 Å². The quantitative estimate of drug-likeness (QED) is 0.705. The van der Waals surface area contributed by atoms with Crippen molar-refractivity contribution in [1.82, 2.24) is 0 Å². The molecule has 0 saturated heterocycles. The second kappa shape index (κ2) is 4.61. The lowest BCUT2D eigenvalue weighted by Gasteiger charge is -2.24. The fraction of sp³-hybridized carbons (Fsp3) is 0.900. The molecule has 12 heavy (non-hydrogen) atoms. The summed E-state index contributed by atoms with van der Waals surface area (Å²) in [6, 6.07) is 0. The third kappa shape index (κ3) is 3.86. The summed E-state index contributed by atoms with van der Waals surface area (Å²) in [6.07, 6.45) is 1.59. The van der Waals surface area contributed by atoms with Gasteiger partial charge in [-0.3, -0.25) is 4.79 Å². The number of unbranched alkanes of at least 4 members (excludes halogenated alkanes) is 1. The number of Topliss-reactive ketones (excluding diaryl/α,β-unsaturated/α-hetero) is 1. The zero-order valence-corrected chi connectivity index (χ0v) is 8.55. The average Bonchev–Trinajstić information content (AvgIpc) is 1.97. The van der Waals surface area contributed by atoms with Crippen LogP contribution in [0.5, 0.6) is 0 Å². The van der Waals surface area contributed by atoms with E-state index in [4.69, 9.17) is 0 Å². The van der Waals surface area contributed by atoms with Crippen LogP contribution in [-0.2, 0) is 4.79 Å². The number of hydrogen-bond acceptors (Lipinski definition) is 2. The number of hydrogen-bond donors (Lipinski definition) is 1. The molecule has 1 N–H and O–H groups in total. The molecule has 1 unspecified atom stereocenters. The first-order valence-electron chi connectivity index (χ1n) is 4.60. The average molecular weight is 172 g/mol. The van der Waals surface area contributed by atoms with Gasteiger partial charge in [0.25, 0.3) is 0 Å². The molecule has 0 aliphatic rings. The summed E-state index contributed by atoms with van der Waals surface area (Å²) in [5.74, 6) is -0.0237. The number of aliphatic hydroxyl groups is 1. The number of carbonyl (C=O) groups is 1. The summed E-state index contributed by atoms with van der Waals surface area (Å²) in [6.45, 7) is 7.67. The minimum atomic E-state index is -0.802. The first-order chi connectivity index (χ1) is 5.39. The van der Waals surface area contributed by atoms with E-state index in [0.29, 0.717) is 6.42 Å². The van der Waals surface area contributed by atoms with Gasteiger partial charge in [0.05, 0.1) is 0 Å². The minimum absolute atomic E-state index is 0.0237. The van der Waals surface area contributed by atoms with Crippen LogP contribution in [0.25, 0.3) is 0 Å². The zero-order chi connectivity index (χ0) is 9.78. The van der Waals surface area contributed by atoms with Crippen LogP contribution >= 0.6 is 0 Å². The standard InChI is InChI=1S/C10H20O2/c1-5-6-7-8(11)9(12)10(2,3)4/h9,12H,5-7H2,1-4H3. The zero-order valence-electron chi connectivity index (χ0n) is 8.55. The topological polar surface area (TPSA) is 37.3 Å². The first-order valence-corrected chi connectivity index (χ1v) is 4.60. The lowest BCUT2D eigenvalue weighted by atomic mass is 9.85. The fourth-order valence-corrected chi connectivity index (χ4v) is 0.971. The van der Waals surface area contributed by atoms with E-state index >= 15 is 0 Å². The summed E-state index contributed by atoms with van der Waals surface area (Å²) in [4.78, 5) is 11.3. The molecular weight excluding hydrogens is 152 g/mol. The Morgan fingerprint density at radius 3 is 2.25 bits per heavy atom. The fourth-order valence-electron chi connectivity index (χ4n) is 0.971. The highest BCUT2D eigenvalue weighted by atomic mass is 16.3. The number of aliphatic hydroxyl groups excluding tert-OH is 1. The third-order valence-corrected chi connectivity index (χ3v) is 1.90. The van der Waals surface area contributed by atoms with Gasteiger partial charge in [0.15, 0.2) is 5.78 Å². The van der Waals surface area contributed by atoms with Gasteiger partial charge in [-0.15, -0.1) is 0 Å². The van der Waals surface area contributed by atoms with Gasteiger partial charge in [-0.2, -0.15) is 0 Å². The van der Waals surface area contributed by atoms with Crippen LogP contribution in [0.15, 0.2) is 0 Å². The summed E-state index contributed by atoms with van der Waals surface area (Å²) in [5.41, 5.74) is -0.315. The normalized spacial score (nSPS) is 14.4. The Hall–Kier alpha value is -0.370. The molecule has 0 bridgehead atoms. The molecule has 1 atom stereocenters. The molecule has 0 aliphatic heterocycles. The first kappa shape index (κ1) is 11.6. The van der Waals surface area contributed by atoms with E-state index in [0.717, 1.165) is 12.8 Å². The van der Waals surface area contributed by atoms with Crippen molar-refractivity contribution in [2.75, 3.05) is 0 Å². The Morgan fingerprint density at radius 1 is 1.42 bits per heavy atom. The van der Waals surface area contributed by atoms with Crippen LogP contribution in [0.1, 0.15) is 47.0 Å². The molecule has 0 fully saturated rings. The van der Waals surface area contributed by atoms with Gasteiger partial charge in [-0.25, -0.2) is 0 Å². The molecule has 0 aromatic carbocycles. The SMILES string of the molecule is CCCCC(=O)C(O)C(C)(C)C. The largest absolute Gasteiger partial charge is 0.385 e. The van der Waals surface area contributed by atoms with Crippen LogP contribution < -0.4 is 0 Å². The van der Waals surface area contributed by atoms with Crippen molar-refractivity contribution in [3.05, 3.63) is 0 Å². The molecule has 0 rings (SSSR count). The van der Waals surface area contributed by atoms with E-state index in [9.17, 15) is 9.90 Å². The number of rotatable bonds is 4. The molecule has 0 spiro atoms. The van der Waals surface area contributed by atoms with E-state index in [-0.39, 0.29) is 11.2 Å². The maximum absolute atomic E-state index is 11.3. The second-order valence-corrected chi connectivity index (χ2v) is 4.34. The van der Waals surface area contributed by atoms with Gasteiger partial charge in [-0.1, -0.05) is 34.1 Å². The van der Waals surface area contributed by atoms with Crippen LogP contribution in [-0.4, -0.2) is 17.0 Å². The highest BCUT2D eigenvalue weighted by molar-refractivity contribution is 5.83. The van der Waals surface area contributed by atoms with Crippen molar-refractivity contribution in [3.8, 4) is 0 Å². The van der Waals surface area contributed by atoms with Crippen molar-refractivity contribution in [2.45, 2.75) is 53.1 Å². The van der Waals surface area contributed by atoms with Gasteiger partial charge < -0.3 is 5.11 Å². The van der Waals surface area contributed by atoms with E-state index in [1.165, 1.54) is 0 Å². The Bertz CT molecular complexity index is 144.